The maximum atomic E-state index is 10.7. The van der Waals surface area contributed by atoms with Crippen LogP contribution >= 0.6 is 0 Å². The molecule has 2 atom stereocenters. The Morgan fingerprint density at radius 3 is 2.67 bits per heavy atom. The Kier molecular flexibility index (Phi) is 9.15. The van der Waals surface area contributed by atoms with Crippen LogP contribution in [0.15, 0.2) is 54.6 Å². The maximum Gasteiger partial charge on any atom is 0.227 e. The van der Waals surface area contributed by atoms with E-state index in [1.165, 1.54) is 5.56 Å². The first kappa shape index (κ1) is 25.9. The number of para-hydroxylation sites is 1. The Morgan fingerprint density at radius 2 is 1.97 bits per heavy atom. The first-order valence-electron chi connectivity index (χ1n) is 12.4. The number of hydrogen-bond donors (Lipinski definition) is 1. The van der Waals surface area contributed by atoms with Crippen molar-refractivity contribution in [2.45, 2.75) is 45.4 Å². The Morgan fingerprint density at radius 1 is 1.19 bits per heavy atom. The molecule has 2 aromatic carbocycles. The van der Waals surface area contributed by atoms with Crippen molar-refractivity contribution in [3.8, 4) is 29.7 Å². The van der Waals surface area contributed by atoms with Crippen LogP contribution < -0.4 is 4.74 Å². The molecule has 7 heteroatoms. The summed E-state index contributed by atoms with van der Waals surface area (Å²) in [6, 6.07) is 18.0. The van der Waals surface area contributed by atoms with E-state index in [-0.39, 0.29) is 19.3 Å². The number of aliphatic hydroxyl groups is 1. The number of aryl methyl sites for hydroxylation is 2. The molecule has 0 radical (unpaired) electrons. The van der Waals surface area contributed by atoms with E-state index >= 15 is 0 Å². The van der Waals surface area contributed by atoms with Gasteiger partial charge in [-0.05, 0) is 51.0 Å². The number of rotatable bonds is 12. The van der Waals surface area contributed by atoms with Crippen molar-refractivity contribution in [2.24, 2.45) is 0 Å². The van der Waals surface area contributed by atoms with E-state index in [1.807, 2.05) is 66.2 Å². The van der Waals surface area contributed by atoms with Crippen LogP contribution in [0.5, 0.6) is 11.6 Å². The van der Waals surface area contributed by atoms with Gasteiger partial charge in [-0.15, -0.1) is 6.42 Å². The smallest absolute Gasteiger partial charge is 0.227 e. The number of ether oxygens (including phenoxy) is 3. The Labute approximate surface area is 213 Å². The summed E-state index contributed by atoms with van der Waals surface area (Å²) < 4.78 is 19.6. The number of terminal acetylenes is 1. The van der Waals surface area contributed by atoms with E-state index in [2.05, 4.69) is 17.7 Å². The molecule has 1 aliphatic heterocycles. The average Bonchev–Trinajstić information content (AvgIpc) is 3.49. The minimum absolute atomic E-state index is 0.134. The van der Waals surface area contributed by atoms with Crippen LogP contribution in [0, 0.1) is 26.2 Å². The molecule has 0 spiro atoms. The summed E-state index contributed by atoms with van der Waals surface area (Å²) >= 11 is 0. The van der Waals surface area contributed by atoms with Crippen molar-refractivity contribution in [2.75, 3.05) is 32.9 Å². The molecular weight excluding hydrogens is 454 g/mol. The Bertz CT molecular complexity index is 1130. The molecule has 190 valence electrons. The van der Waals surface area contributed by atoms with Gasteiger partial charge in [0.05, 0.1) is 35.8 Å². The van der Waals surface area contributed by atoms with Gasteiger partial charge in [0.1, 0.15) is 12.4 Å². The van der Waals surface area contributed by atoms with Gasteiger partial charge in [-0.25, -0.2) is 4.68 Å². The lowest BCUT2D eigenvalue weighted by Gasteiger charge is -2.27. The third-order valence-corrected chi connectivity index (χ3v) is 6.21. The second kappa shape index (κ2) is 12.7. The van der Waals surface area contributed by atoms with Crippen molar-refractivity contribution < 1.29 is 19.3 Å². The van der Waals surface area contributed by atoms with Crippen LogP contribution in [0.4, 0.5) is 0 Å². The number of aliphatic hydroxyl groups excluding tert-OH is 1. The maximum absolute atomic E-state index is 10.7. The summed E-state index contributed by atoms with van der Waals surface area (Å²) in [7, 11) is 0. The molecule has 7 nitrogen and oxygen atoms in total. The zero-order valence-corrected chi connectivity index (χ0v) is 21.1. The third-order valence-electron chi connectivity index (χ3n) is 6.21. The zero-order valence-electron chi connectivity index (χ0n) is 21.1. The lowest BCUT2D eigenvalue weighted by molar-refractivity contribution is 0.00935. The monoisotopic (exact) mass is 489 g/mol. The van der Waals surface area contributed by atoms with Gasteiger partial charge in [0.25, 0.3) is 0 Å². The lowest BCUT2D eigenvalue weighted by atomic mass is 10.1. The van der Waals surface area contributed by atoms with Gasteiger partial charge in [-0.2, -0.15) is 5.10 Å². The first-order chi connectivity index (χ1) is 17.5. The van der Waals surface area contributed by atoms with Crippen molar-refractivity contribution in [3.05, 3.63) is 71.4 Å². The molecule has 4 rings (SSSR count). The predicted molar refractivity (Wildman–Crippen MR) is 139 cm³/mol. The molecule has 1 N–H and O–H groups in total. The predicted octanol–water partition coefficient (Wildman–Crippen LogP) is 4.27. The molecule has 0 aliphatic carbocycles. The Balaban J connectivity index is 1.63. The molecule has 0 saturated carbocycles. The van der Waals surface area contributed by atoms with Gasteiger partial charge in [0.2, 0.25) is 5.88 Å². The largest absolute Gasteiger partial charge is 0.439 e. The molecule has 0 amide bonds. The van der Waals surface area contributed by atoms with Gasteiger partial charge >= 0.3 is 0 Å². The van der Waals surface area contributed by atoms with Gasteiger partial charge in [-0.3, -0.25) is 4.90 Å². The SMILES string of the molecule is C#CCOC[C@H](O)CN(Cc1c(C)nn(-c2ccccc2)c1Oc1ccc(C)cc1)C[C@H]1CCCO1. The van der Waals surface area contributed by atoms with Crippen LogP contribution in [-0.4, -0.2) is 64.9 Å². The van der Waals surface area contributed by atoms with Crippen molar-refractivity contribution in [1.29, 1.82) is 0 Å². The molecular formula is C29H35N3O4. The fraction of sp³-hybridized carbons (Fsp3) is 0.414. The topological polar surface area (TPSA) is 69.0 Å². The molecule has 36 heavy (non-hydrogen) atoms. The highest BCUT2D eigenvalue weighted by molar-refractivity contribution is 5.43. The quantitative estimate of drug-likeness (QED) is 0.303. The standard InChI is InChI=1S/C29H35N3O4/c1-4-16-34-21-25(33)18-31(19-27-11-8-17-35-27)20-28-23(3)30-32(24-9-6-5-7-10-24)29(28)36-26-14-12-22(2)13-15-26/h1,5-7,9-10,12-15,25,27,33H,8,11,16-21H2,2-3H3/t25-,27-/m1/s1. The molecule has 1 fully saturated rings. The Hall–Kier alpha value is -3.15. The van der Waals surface area contributed by atoms with Crippen LogP contribution in [0.3, 0.4) is 0 Å². The molecule has 2 heterocycles. The molecule has 1 saturated heterocycles. The minimum atomic E-state index is -0.675. The normalized spacial score (nSPS) is 16.2. The second-order valence-corrected chi connectivity index (χ2v) is 9.23. The summed E-state index contributed by atoms with van der Waals surface area (Å²) in [5.41, 5.74) is 3.92. The van der Waals surface area contributed by atoms with Gasteiger partial charge in [-0.1, -0.05) is 41.8 Å². The first-order valence-corrected chi connectivity index (χ1v) is 12.4. The van der Waals surface area contributed by atoms with E-state index < -0.39 is 6.10 Å². The van der Waals surface area contributed by atoms with E-state index in [0.717, 1.165) is 42.1 Å². The van der Waals surface area contributed by atoms with Crippen LogP contribution in [-0.2, 0) is 16.0 Å². The van der Waals surface area contributed by atoms with E-state index in [0.29, 0.717) is 25.5 Å². The number of nitrogens with zero attached hydrogens (tertiary/aromatic N) is 3. The second-order valence-electron chi connectivity index (χ2n) is 9.23. The summed E-state index contributed by atoms with van der Waals surface area (Å²) in [6.45, 7) is 6.85. The molecule has 1 aromatic heterocycles. The van der Waals surface area contributed by atoms with Crippen LogP contribution in [0.25, 0.3) is 5.69 Å². The number of hydrogen-bond acceptors (Lipinski definition) is 6. The van der Waals surface area contributed by atoms with Crippen LogP contribution in [0.2, 0.25) is 0 Å². The number of aromatic nitrogens is 2. The highest BCUT2D eigenvalue weighted by Crippen LogP contribution is 2.32. The summed E-state index contributed by atoms with van der Waals surface area (Å²) in [4.78, 5) is 2.20. The average molecular weight is 490 g/mol. The van der Waals surface area contributed by atoms with E-state index in [9.17, 15) is 5.11 Å². The summed E-state index contributed by atoms with van der Waals surface area (Å²) in [5, 5.41) is 15.5. The molecule has 0 bridgehead atoms. The number of benzene rings is 2. The highest BCUT2D eigenvalue weighted by atomic mass is 16.5. The lowest BCUT2D eigenvalue weighted by Crippen LogP contribution is -2.39. The molecule has 1 aliphatic rings. The molecule has 3 aromatic rings. The van der Waals surface area contributed by atoms with Crippen molar-refractivity contribution in [1.82, 2.24) is 14.7 Å². The van der Waals surface area contributed by atoms with E-state index in [4.69, 9.17) is 25.7 Å². The van der Waals surface area contributed by atoms with Crippen LogP contribution in [0.1, 0.15) is 29.7 Å². The molecule has 0 unspecified atom stereocenters. The van der Waals surface area contributed by atoms with Crippen molar-refractivity contribution in [3.63, 3.8) is 0 Å². The van der Waals surface area contributed by atoms with Gasteiger partial charge in [0, 0.05) is 26.2 Å². The summed E-state index contributed by atoms with van der Waals surface area (Å²) in [5.74, 6) is 3.85. The zero-order chi connectivity index (χ0) is 25.3. The minimum Gasteiger partial charge on any atom is -0.439 e. The van der Waals surface area contributed by atoms with Gasteiger partial charge in [0.15, 0.2) is 0 Å². The van der Waals surface area contributed by atoms with Crippen molar-refractivity contribution >= 4 is 0 Å². The fourth-order valence-electron chi connectivity index (χ4n) is 4.40. The summed E-state index contributed by atoms with van der Waals surface area (Å²) in [6.07, 6.45) is 6.80. The highest BCUT2D eigenvalue weighted by Gasteiger charge is 2.26. The fourth-order valence-corrected chi connectivity index (χ4v) is 4.40. The van der Waals surface area contributed by atoms with E-state index in [1.54, 1.807) is 0 Å². The van der Waals surface area contributed by atoms with Gasteiger partial charge < -0.3 is 19.3 Å². The third kappa shape index (κ3) is 6.96.